The van der Waals surface area contributed by atoms with Crippen molar-refractivity contribution in [3.63, 3.8) is 0 Å². The fourth-order valence-electron chi connectivity index (χ4n) is 2.47. The maximum absolute atomic E-state index is 10.9. The van der Waals surface area contributed by atoms with Crippen LogP contribution >= 0.6 is 0 Å². The van der Waals surface area contributed by atoms with E-state index in [1.54, 1.807) is 7.05 Å². The van der Waals surface area contributed by atoms with Gasteiger partial charge in [0.05, 0.1) is 17.1 Å². The van der Waals surface area contributed by atoms with Crippen molar-refractivity contribution in [1.82, 2.24) is 9.88 Å². The van der Waals surface area contributed by atoms with Gasteiger partial charge in [0.2, 0.25) is 0 Å². The van der Waals surface area contributed by atoms with Crippen molar-refractivity contribution in [3.8, 4) is 0 Å². The van der Waals surface area contributed by atoms with Crippen LogP contribution in [0.25, 0.3) is 0 Å². The second kappa shape index (κ2) is 6.51. The molecule has 1 aliphatic rings. The summed E-state index contributed by atoms with van der Waals surface area (Å²) in [5.74, 6) is 1.03. The van der Waals surface area contributed by atoms with Gasteiger partial charge in [-0.25, -0.2) is 4.98 Å². The lowest BCUT2D eigenvalue weighted by Gasteiger charge is -2.21. The van der Waals surface area contributed by atoms with Crippen molar-refractivity contribution >= 4 is 17.3 Å². The van der Waals surface area contributed by atoms with E-state index in [1.807, 2.05) is 0 Å². The van der Waals surface area contributed by atoms with Crippen LogP contribution in [0.1, 0.15) is 19.8 Å². The zero-order chi connectivity index (χ0) is 14.5. The molecule has 2 rings (SSSR count). The molecule has 0 spiro atoms. The predicted molar refractivity (Wildman–Crippen MR) is 79.2 cm³/mol. The Balaban J connectivity index is 2.03. The van der Waals surface area contributed by atoms with Crippen LogP contribution in [0.2, 0.25) is 0 Å². The third-order valence-electron chi connectivity index (χ3n) is 3.40. The molecular weight excluding hydrogens is 258 g/mol. The van der Waals surface area contributed by atoms with Gasteiger partial charge in [0.1, 0.15) is 11.6 Å². The molecule has 1 atom stereocenters. The van der Waals surface area contributed by atoms with Gasteiger partial charge in [-0.15, -0.1) is 0 Å². The van der Waals surface area contributed by atoms with E-state index in [1.165, 1.54) is 25.0 Å². The summed E-state index contributed by atoms with van der Waals surface area (Å²) in [7, 11) is 1.70. The van der Waals surface area contributed by atoms with E-state index in [9.17, 15) is 10.1 Å². The van der Waals surface area contributed by atoms with Gasteiger partial charge in [-0.05, 0) is 32.9 Å². The molecule has 1 aliphatic heterocycles. The van der Waals surface area contributed by atoms with Crippen LogP contribution < -0.4 is 10.6 Å². The lowest BCUT2D eigenvalue weighted by atomic mass is 10.3. The summed E-state index contributed by atoms with van der Waals surface area (Å²) in [4.78, 5) is 17.2. The number of likely N-dealkylation sites (tertiary alicyclic amines) is 1. The highest BCUT2D eigenvalue weighted by Crippen LogP contribution is 2.21. The zero-order valence-electron chi connectivity index (χ0n) is 11.9. The monoisotopic (exact) mass is 279 g/mol. The SMILES string of the molecule is CNc1cc([N+](=O)[O-])cc(NC(C)CN2CCCC2)n1. The fourth-order valence-corrected chi connectivity index (χ4v) is 2.47. The number of nitrogens with one attached hydrogen (secondary N) is 2. The molecule has 1 aromatic rings. The molecule has 0 bridgehead atoms. The molecule has 1 unspecified atom stereocenters. The van der Waals surface area contributed by atoms with Crippen molar-refractivity contribution in [2.24, 2.45) is 0 Å². The highest BCUT2D eigenvalue weighted by atomic mass is 16.6. The first-order valence-electron chi connectivity index (χ1n) is 6.91. The molecule has 20 heavy (non-hydrogen) atoms. The van der Waals surface area contributed by atoms with Crippen LogP contribution in [0, 0.1) is 10.1 Å². The summed E-state index contributed by atoms with van der Waals surface area (Å²) in [5.41, 5.74) is 0.0419. The molecule has 0 saturated carbocycles. The summed E-state index contributed by atoms with van der Waals surface area (Å²) >= 11 is 0. The molecule has 0 aromatic carbocycles. The summed E-state index contributed by atoms with van der Waals surface area (Å²) in [6.45, 7) is 5.27. The Bertz CT molecular complexity index is 474. The van der Waals surface area contributed by atoms with Crippen LogP contribution in [0.3, 0.4) is 0 Å². The molecule has 2 heterocycles. The van der Waals surface area contributed by atoms with Gasteiger partial charge < -0.3 is 15.5 Å². The molecule has 1 saturated heterocycles. The maximum atomic E-state index is 10.9. The second-order valence-electron chi connectivity index (χ2n) is 5.16. The summed E-state index contributed by atoms with van der Waals surface area (Å²) < 4.78 is 0. The fraction of sp³-hybridized carbons (Fsp3) is 0.615. The number of nitro groups is 1. The number of hydrogen-bond acceptors (Lipinski definition) is 6. The quantitative estimate of drug-likeness (QED) is 0.611. The Labute approximate surface area is 118 Å². The number of pyridine rings is 1. The highest BCUT2D eigenvalue weighted by Gasteiger charge is 2.16. The predicted octanol–water partition coefficient (Wildman–Crippen LogP) is 1.93. The molecule has 7 heteroatoms. The van der Waals surface area contributed by atoms with E-state index in [4.69, 9.17) is 0 Å². The van der Waals surface area contributed by atoms with Gasteiger partial charge in [0.25, 0.3) is 5.69 Å². The zero-order valence-corrected chi connectivity index (χ0v) is 11.9. The van der Waals surface area contributed by atoms with Crippen LogP contribution in [-0.4, -0.2) is 47.5 Å². The average molecular weight is 279 g/mol. The summed E-state index contributed by atoms with van der Waals surface area (Å²) in [5, 5.41) is 17.0. The van der Waals surface area contributed by atoms with Gasteiger partial charge in [-0.3, -0.25) is 10.1 Å². The van der Waals surface area contributed by atoms with Crippen LogP contribution in [0.4, 0.5) is 17.3 Å². The number of anilines is 2. The van der Waals surface area contributed by atoms with E-state index in [0.717, 1.165) is 19.6 Å². The molecule has 1 fully saturated rings. The standard InChI is InChI=1S/C13H21N5O2/c1-10(9-17-5-3-4-6-17)15-13-8-11(18(19)20)7-12(14-2)16-13/h7-8,10H,3-6,9H2,1-2H3,(H2,14,15,16). The maximum Gasteiger partial charge on any atom is 0.276 e. The highest BCUT2D eigenvalue weighted by molar-refractivity contribution is 5.54. The number of rotatable bonds is 6. The molecule has 7 nitrogen and oxygen atoms in total. The topological polar surface area (TPSA) is 83.3 Å². The lowest BCUT2D eigenvalue weighted by molar-refractivity contribution is -0.384. The van der Waals surface area contributed by atoms with E-state index >= 15 is 0 Å². The summed E-state index contributed by atoms with van der Waals surface area (Å²) in [6.07, 6.45) is 2.51. The largest absolute Gasteiger partial charge is 0.373 e. The molecule has 2 N–H and O–H groups in total. The van der Waals surface area contributed by atoms with E-state index in [-0.39, 0.29) is 11.7 Å². The number of aromatic nitrogens is 1. The van der Waals surface area contributed by atoms with E-state index in [2.05, 4.69) is 27.4 Å². The van der Waals surface area contributed by atoms with Gasteiger partial charge in [0.15, 0.2) is 0 Å². The Morgan fingerprint density at radius 3 is 2.65 bits per heavy atom. The van der Waals surface area contributed by atoms with Gasteiger partial charge in [0, 0.05) is 19.6 Å². The van der Waals surface area contributed by atoms with E-state index in [0.29, 0.717) is 11.6 Å². The summed E-state index contributed by atoms with van der Waals surface area (Å²) in [6, 6.07) is 3.10. The minimum atomic E-state index is -0.404. The first kappa shape index (κ1) is 14.5. The lowest BCUT2D eigenvalue weighted by Crippen LogP contribution is -2.33. The Morgan fingerprint density at radius 2 is 2.05 bits per heavy atom. The Kier molecular flexibility index (Phi) is 4.73. The van der Waals surface area contributed by atoms with Gasteiger partial charge in [-0.1, -0.05) is 0 Å². The van der Waals surface area contributed by atoms with Gasteiger partial charge in [-0.2, -0.15) is 0 Å². The Morgan fingerprint density at radius 1 is 1.40 bits per heavy atom. The van der Waals surface area contributed by atoms with Crippen LogP contribution in [0.5, 0.6) is 0 Å². The van der Waals surface area contributed by atoms with E-state index < -0.39 is 4.92 Å². The first-order chi connectivity index (χ1) is 9.58. The van der Waals surface area contributed by atoms with Crippen LogP contribution in [-0.2, 0) is 0 Å². The molecular formula is C13H21N5O2. The number of nitrogens with zero attached hydrogens (tertiary/aromatic N) is 3. The van der Waals surface area contributed by atoms with Crippen molar-refractivity contribution in [1.29, 1.82) is 0 Å². The average Bonchev–Trinajstić information content (AvgIpc) is 2.90. The minimum absolute atomic E-state index is 0.0419. The normalized spacial score (nSPS) is 16.9. The van der Waals surface area contributed by atoms with Crippen molar-refractivity contribution in [2.75, 3.05) is 37.3 Å². The molecule has 0 radical (unpaired) electrons. The van der Waals surface area contributed by atoms with Crippen molar-refractivity contribution in [2.45, 2.75) is 25.8 Å². The smallest absolute Gasteiger partial charge is 0.276 e. The molecule has 0 aliphatic carbocycles. The molecule has 110 valence electrons. The molecule has 0 amide bonds. The van der Waals surface area contributed by atoms with Crippen molar-refractivity contribution in [3.05, 3.63) is 22.2 Å². The van der Waals surface area contributed by atoms with Crippen LogP contribution in [0.15, 0.2) is 12.1 Å². The third kappa shape index (κ3) is 3.80. The van der Waals surface area contributed by atoms with Crippen molar-refractivity contribution < 1.29 is 4.92 Å². The third-order valence-corrected chi connectivity index (χ3v) is 3.40. The second-order valence-corrected chi connectivity index (χ2v) is 5.16. The Hall–Kier alpha value is -1.89. The van der Waals surface area contributed by atoms with Gasteiger partial charge >= 0.3 is 0 Å². The molecule has 1 aromatic heterocycles. The minimum Gasteiger partial charge on any atom is -0.373 e. The first-order valence-corrected chi connectivity index (χ1v) is 6.91. The number of hydrogen-bond donors (Lipinski definition) is 2.